The summed E-state index contributed by atoms with van der Waals surface area (Å²) in [5.41, 5.74) is 6.30. The summed E-state index contributed by atoms with van der Waals surface area (Å²) in [4.78, 5) is 162. The molecule has 1 aromatic rings. The summed E-state index contributed by atoms with van der Waals surface area (Å²) in [6, 6.07) is 3.53. The number of aliphatic hydroxyl groups is 1. The molecule has 3 aliphatic rings. The minimum atomic E-state index is -1.60. The summed E-state index contributed by atoms with van der Waals surface area (Å²) in [5.74, 6) is -6.26. The first-order valence-corrected chi connectivity index (χ1v) is 26.7. The van der Waals surface area contributed by atoms with Crippen molar-refractivity contribution in [1.29, 1.82) is 0 Å². The number of benzene rings is 1. The van der Waals surface area contributed by atoms with Crippen LogP contribution in [0.1, 0.15) is 63.9 Å². The number of β-lactam (4-membered cyclic amide) rings is 1. The van der Waals surface area contributed by atoms with Gasteiger partial charge in [-0.3, -0.25) is 72.1 Å². The molecule has 0 spiro atoms. The SMILES string of the molecule is C[C@@H](O)[C@H](NC(=O)C(CNC(=O)COCC(=O)Nc1ccc(CCC(=O)N2CCC2=O)cc1)NC(=O)CCOCCOCCCC(=O)CCN1C(=O)CC(SCCC(=O)C2(NC=O)SS2)C1=O)C(=O)NCC(N)=O. The third-order valence-electron chi connectivity index (χ3n) is 11.1. The zero-order valence-corrected chi connectivity index (χ0v) is 43.0. The highest BCUT2D eigenvalue weighted by atomic mass is 33.2. The van der Waals surface area contributed by atoms with Crippen molar-refractivity contribution in [2.45, 2.75) is 92.4 Å². The van der Waals surface area contributed by atoms with Crippen LogP contribution in [0.15, 0.2) is 24.3 Å². The number of Topliss-reactive ketones (excluding diaryl/α,β-unsaturated/α-hetero) is 2. The molecule has 3 fully saturated rings. The molecule has 9 N–H and O–H groups in total. The zero-order valence-electron chi connectivity index (χ0n) is 40.5. The van der Waals surface area contributed by atoms with Crippen LogP contribution in [0.25, 0.3) is 0 Å². The van der Waals surface area contributed by atoms with E-state index < -0.39 is 101 Å². The van der Waals surface area contributed by atoms with Crippen LogP contribution in [-0.4, -0.2) is 191 Å². The highest BCUT2D eigenvalue weighted by Gasteiger charge is 2.53. The van der Waals surface area contributed by atoms with E-state index in [2.05, 4.69) is 31.9 Å². The van der Waals surface area contributed by atoms with Gasteiger partial charge in [-0.25, -0.2) is 0 Å². The second-order valence-electron chi connectivity index (χ2n) is 16.8. The number of carbonyl (C=O) groups excluding carboxylic acids is 13. The van der Waals surface area contributed by atoms with Crippen molar-refractivity contribution in [3.8, 4) is 0 Å². The van der Waals surface area contributed by atoms with Crippen molar-refractivity contribution in [3.05, 3.63) is 29.8 Å². The van der Waals surface area contributed by atoms with Gasteiger partial charge in [-0.05, 0) is 59.0 Å². The highest BCUT2D eigenvalue weighted by molar-refractivity contribution is 8.94. The molecule has 26 nitrogen and oxygen atoms in total. The maximum absolute atomic E-state index is 13.3. The molecule has 1 aromatic carbocycles. The van der Waals surface area contributed by atoms with E-state index >= 15 is 0 Å². The molecular formula is C45H61N9O17S3. The average Bonchev–Trinajstić information content (AvgIpc) is 4.09. The lowest BCUT2D eigenvalue weighted by Crippen LogP contribution is -2.60. The zero-order chi connectivity index (χ0) is 54.2. The lowest BCUT2D eigenvalue weighted by Gasteiger charge is -2.28. The Labute approximate surface area is 437 Å². The molecule has 2 unspecified atom stereocenters. The number of aliphatic hydroxyl groups excluding tert-OH is 1. The number of hydrogen-bond donors (Lipinski definition) is 8. The molecule has 4 rings (SSSR count). The van der Waals surface area contributed by atoms with Gasteiger partial charge >= 0.3 is 0 Å². The Hall–Kier alpha value is -5.98. The molecule has 0 radical (unpaired) electrons. The summed E-state index contributed by atoms with van der Waals surface area (Å²) in [7, 11) is 2.48. The first-order valence-electron chi connectivity index (χ1n) is 23.5. The molecule has 4 atom stereocenters. The number of rotatable bonds is 37. The van der Waals surface area contributed by atoms with Crippen LogP contribution in [0, 0.1) is 0 Å². The van der Waals surface area contributed by atoms with Gasteiger partial charge in [0.1, 0.15) is 31.1 Å². The van der Waals surface area contributed by atoms with Crippen LogP contribution in [0.2, 0.25) is 0 Å². The number of imide groups is 2. The predicted molar refractivity (Wildman–Crippen MR) is 266 cm³/mol. The van der Waals surface area contributed by atoms with Gasteiger partial charge in [0.05, 0.1) is 37.7 Å². The Balaban J connectivity index is 1.11. The quantitative estimate of drug-likeness (QED) is 0.00832. The number of nitrogens with zero attached hydrogens (tertiary/aromatic N) is 2. The van der Waals surface area contributed by atoms with E-state index in [1.54, 1.807) is 24.3 Å². The molecule has 0 saturated carbocycles. The highest BCUT2D eigenvalue weighted by Crippen LogP contribution is 2.63. The molecule has 0 bridgehead atoms. The third-order valence-corrected chi connectivity index (χ3v) is 15.0. The van der Waals surface area contributed by atoms with E-state index in [4.69, 9.17) is 19.9 Å². The summed E-state index contributed by atoms with van der Waals surface area (Å²) in [5, 5.41) is 23.9. The summed E-state index contributed by atoms with van der Waals surface area (Å²) in [6.45, 7) is -0.537. The third kappa shape index (κ3) is 20.7. The lowest BCUT2D eigenvalue weighted by atomic mass is 10.1. The maximum Gasteiger partial charge on any atom is 0.250 e. The van der Waals surface area contributed by atoms with Gasteiger partial charge < -0.3 is 57.0 Å². The standard InChI is InChI=1S/C45H61N9O17S3/c1-27(56)41(43(67)48-23-34(46)59)52-42(66)31(22-47-36(61)24-71-25-37(62)50-29-7-4-28(5-8-29)6-9-38(63)53-15-11-39(53)64)51-35(60)12-17-70-19-18-69-16-2-3-30(57)10-14-54-40(65)21-32(44(54)68)72-20-13-33(58)45(49-26-55)73-74-45/h4-5,7-8,26-27,31-32,41,56H,2-3,6,9-25H2,1H3,(H2,46,59)(H,47,61)(H,48,67)(H,49,55)(H,50,62)(H,51,60)(H,52,66)/t27-,31?,32?,41+/m1/s1. The Morgan fingerprint density at radius 2 is 1.54 bits per heavy atom. The van der Waals surface area contributed by atoms with Crippen LogP contribution < -0.4 is 37.6 Å². The topological polar surface area (TPSA) is 375 Å². The van der Waals surface area contributed by atoms with Crippen LogP contribution in [0.5, 0.6) is 0 Å². The first kappa shape index (κ1) is 60.6. The number of aryl methyl sites for hydroxylation is 1. The Bertz CT molecular complexity index is 2230. The van der Waals surface area contributed by atoms with E-state index in [-0.39, 0.29) is 94.9 Å². The number of carbonyl (C=O) groups is 13. The first-order chi connectivity index (χ1) is 35.3. The molecule has 0 aromatic heterocycles. The number of nitrogens with one attached hydrogen (secondary N) is 6. The van der Waals surface area contributed by atoms with Crippen molar-refractivity contribution in [2.24, 2.45) is 5.73 Å². The normalized spacial score (nSPS) is 16.7. The van der Waals surface area contributed by atoms with Crippen molar-refractivity contribution in [1.82, 2.24) is 36.4 Å². The average molecular weight is 1100 g/mol. The van der Waals surface area contributed by atoms with Gasteiger partial charge in [-0.2, -0.15) is 0 Å². The molecule has 3 heterocycles. The van der Waals surface area contributed by atoms with E-state index in [0.29, 0.717) is 43.7 Å². The Morgan fingerprint density at radius 1 is 0.838 bits per heavy atom. The number of amides is 11. The molecular weight excluding hydrogens is 1030 g/mol. The number of likely N-dealkylation sites (tertiary alicyclic amines) is 2. The van der Waals surface area contributed by atoms with Gasteiger partial charge in [0.25, 0.3) is 0 Å². The maximum atomic E-state index is 13.3. The molecule has 11 amide bonds. The van der Waals surface area contributed by atoms with Crippen molar-refractivity contribution in [3.63, 3.8) is 0 Å². The number of thioether (sulfide) groups is 1. The van der Waals surface area contributed by atoms with Crippen molar-refractivity contribution < 1.29 is 81.6 Å². The van der Waals surface area contributed by atoms with Crippen LogP contribution in [0.3, 0.4) is 0 Å². The smallest absolute Gasteiger partial charge is 0.250 e. The van der Waals surface area contributed by atoms with Gasteiger partial charge in [-0.1, -0.05) is 12.1 Å². The van der Waals surface area contributed by atoms with Crippen LogP contribution in [-0.2, 0) is 83.0 Å². The van der Waals surface area contributed by atoms with Gasteiger partial charge in [0.15, 0.2) is 5.78 Å². The van der Waals surface area contributed by atoms with E-state index in [1.807, 2.05) is 0 Å². The number of ether oxygens (including phenoxy) is 3. The largest absolute Gasteiger partial charge is 0.391 e. The van der Waals surface area contributed by atoms with Crippen LogP contribution >= 0.6 is 33.3 Å². The molecule has 29 heteroatoms. The number of hydrogen-bond acceptors (Lipinski definition) is 20. The second-order valence-corrected chi connectivity index (χ2v) is 20.9. The fraction of sp³-hybridized carbons (Fsp3) is 0.578. The molecule has 74 heavy (non-hydrogen) atoms. The second kappa shape index (κ2) is 31.0. The molecule has 406 valence electrons. The summed E-state index contributed by atoms with van der Waals surface area (Å²) < 4.78 is 15.2. The van der Waals surface area contributed by atoms with E-state index in [1.165, 1.54) is 45.2 Å². The van der Waals surface area contributed by atoms with Gasteiger partial charge in [0.2, 0.25) is 69.7 Å². The molecule has 3 aliphatic heterocycles. The monoisotopic (exact) mass is 1100 g/mol. The number of ketones is 2. The minimum Gasteiger partial charge on any atom is -0.391 e. The summed E-state index contributed by atoms with van der Waals surface area (Å²) in [6.07, 6.45) is 0.188. The van der Waals surface area contributed by atoms with Gasteiger partial charge in [-0.15, -0.1) is 11.8 Å². The number of anilines is 1. The summed E-state index contributed by atoms with van der Waals surface area (Å²) >= 11 is 1.19. The molecule has 3 saturated heterocycles. The van der Waals surface area contributed by atoms with Crippen LogP contribution in [0.4, 0.5) is 5.69 Å². The van der Waals surface area contributed by atoms with Crippen molar-refractivity contribution >= 4 is 116 Å². The number of primary amides is 1. The van der Waals surface area contributed by atoms with E-state index in [0.717, 1.165) is 10.5 Å². The fourth-order valence-electron chi connectivity index (χ4n) is 6.88. The van der Waals surface area contributed by atoms with Gasteiger partial charge in [0, 0.05) is 82.6 Å². The fourth-order valence-corrected chi connectivity index (χ4v) is 9.76. The molecule has 0 aliphatic carbocycles. The van der Waals surface area contributed by atoms with E-state index in [9.17, 15) is 67.4 Å². The minimum absolute atomic E-state index is 0.0266. The Morgan fingerprint density at radius 3 is 2.18 bits per heavy atom. The Kier molecular flexibility index (Phi) is 25.4. The predicted octanol–water partition coefficient (Wildman–Crippen LogP) is -2.82. The number of nitrogens with two attached hydrogens (primary N) is 1. The van der Waals surface area contributed by atoms with Crippen molar-refractivity contribution in [2.75, 3.05) is 76.9 Å². The lowest BCUT2D eigenvalue weighted by molar-refractivity contribution is -0.152.